The van der Waals surface area contributed by atoms with Gasteiger partial charge in [0.1, 0.15) is 6.04 Å². The monoisotopic (exact) mass is 227 g/mol. The fraction of sp³-hybridized carbons (Fsp3) is 0.700. The van der Waals surface area contributed by atoms with Crippen molar-refractivity contribution in [3.8, 4) is 0 Å². The van der Waals surface area contributed by atoms with E-state index in [4.69, 9.17) is 0 Å². The Morgan fingerprint density at radius 2 is 1.94 bits per heavy atom. The van der Waals surface area contributed by atoms with Crippen molar-refractivity contribution in [3.05, 3.63) is 0 Å². The summed E-state index contributed by atoms with van der Waals surface area (Å²) in [6.45, 7) is 5.23. The van der Waals surface area contributed by atoms with Gasteiger partial charge in [-0.15, -0.1) is 0 Å². The molecule has 3 amide bonds. The zero-order chi connectivity index (χ0) is 12.3. The van der Waals surface area contributed by atoms with Gasteiger partial charge in [0, 0.05) is 6.92 Å². The minimum absolute atomic E-state index is 0.257. The lowest BCUT2D eigenvalue weighted by Gasteiger charge is -2.30. The van der Waals surface area contributed by atoms with Crippen LogP contribution in [0.5, 0.6) is 0 Å². The first kappa shape index (κ1) is 12.5. The molecule has 1 aliphatic rings. The quantitative estimate of drug-likeness (QED) is 0.584. The molecule has 0 aromatic heterocycles. The van der Waals surface area contributed by atoms with Gasteiger partial charge in [0.05, 0.1) is 0 Å². The first-order valence-corrected chi connectivity index (χ1v) is 5.28. The Labute approximate surface area is 94.2 Å². The summed E-state index contributed by atoms with van der Waals surface area (Å²) in [5.41, 5.74) is 0. The molecular formula is C10H17N3O3. The van der Waals surface area contributed by atoms with E-state index >= 15 is 0 Å². The van der Waals surface area contributed by atoms with Gasteiger partial charge in [-0.3, -0.25) is 14.4 Å². The van der Waals surface area contributed by atoms with Crippen LogP contribution in [-0.4, -0.2) is 29.9 Å². The molecule has 0 spiro atoms. The summed E-state index contributed by atoms with van der Waals surface area (Å²) in [6, 6.07) is -0.502. The molecule has 1 rings (SSSR count). The Hall–Kier alpha value is -1.59. The summed E-state index contributed by atoms with van der Waals surface area (Å²) < 4.78 is 0. The van der Waals surface area contributed by atoms with Crippen LogP contribution in [0.2, 0.25) is 0 Å². The zero-order valence-corrected chi connectivity index (χ0v) is 9.66. The standard InChI is InChI=1S/C10H17N3O3/c1-5(2)4-7-9(15)13-8(10(16)12-7)11-6(3)14/h5,7-8H,4H2,1-3H3,(H,11,14)(H,12,16)(H,13,15). The van der Waals surface area contributed by atoms with Crippen LogP contribution in [0.1, 0.15) is 27.2 Å². The lowest BCUT2D eigenvalue weighted by Crippen LogP contribution is -2.66. The molecule has 1 aliphatic heterocycles. The Bertz CT molecular complexity index is 314. The summed E-state index contributed by atoms with van der Waals surface area (Å²) >= 11 is 0. The third-order valence-electron chi connectivity index (χ3n) is 2.24. The second-order valence-corrected chi connectivity index (χ2v) is 4.33. The molecule has 2 atom stereocenters. The molecule has 3 N–H and O–H groups in total. The fourth-order valence-electron chi connectivity index (χ4n) is 1.57. The van der Waals surface area contributed by atoms with Crippen molar-refractivity contribution >= 4 is 17.7 Å². The lowest BCUT2D eigenvalue weighted by atomic mass is 10.0. The van der Waals surface area contributed by atoms with Gasteiger partial charge in [-0.2, -0.15) is 0 Å². The molecule has 6 nitrogen and oxygen atoms in total. The van der Waals surface area contributed by atoms with Gasteiger partial charge in [-0.05, 0) is 12.3 Å². The van der Waals surface area contributed by atoms with Crippen LogP contribution in [0.15, 0.2) is 0 Å². The largest absolute Gasteiger partial charge is 0.341 e. The molecule has 90 valence electrons. The Balaban J connectivity index is 2.60. The molecule has 0 aliphatic carbocycles. The Kier molecular flexibility index (Phi) is 3.87. The molecule has 0 radical (unpaired) electrons. The number of piperazine rings is 1. The third kappa shape index (κ3) is 3.22. The predicted octanol–water partition coefficient (Wildman–Crippen LogP) is -0.891. The number of amides is 3. The van der Waals surface area contributed by atoms with Gasteiger partial charge >= 0.3 is 0 Å². The molecule has 2 unspecified atom stereocenters. The van der Waals surface area contributed by atoms with E-state index in [0.717, 1.165) is 0 Å². The average molecular weight is 227 g/mol. The van der Waals surface area contributed by atoms with Gasteiger partial charge in [-0.1, -0.05) is 13.8 Å². The van der Waals surface area contributed by atoms with Gasteiger partial charge < -0.3 is 16.0 Å². The van der Waals surface area contributed by atoms with Crippen LogP contribution in [0.3, 0.4) is 0 Å². The van der Waals surface area contributed by atoms with Gasteiger partial charge in [0.25, 0.3) is 5.91 Å². The van der Waals surface area contributed by atoms with E-state index in [-0.39, 0.29) is 17.7 Å². The topological polar surface area (TPSA) is 87.3 Å². The number of rotatable bonds is 3. The Morgan fingerprint density at radius 1 is 1.31 bits per heavy atom. The van der Waals surface area contributed by atoms with Crippen LogP contribution in [0.25, 0.3) is 0 Å². The summed E-state index contributed by atoms with van der Waals surface area (Å²) in [5, 5.41) is 7.41. The number of carbonyl (C=O) groups excluding carboxylic acids is 3. The van der Waals surface area contributed by atoms with Crippen molar-refractivity contribution in [2.75, 3.05) is 0 Å². The van der Waals surface area contributed by atoms with Crippen molar-refractivity contribution in [3.63, 3.8) is 0 Å². The highest BCUT2D eigenvalue weighted by Crippen LogP contribution is 2.07. The summed E-state index contributed by atoms with van der Waals surface area (Å²) in [6.07, 6.45) is -0.363. The molecule has 6 heteroatoms. The highest BCUT2D eigenvalue weighted by Gasteiger charge is 2.33. The summed E-state index contributed by atoms with van der Waals surface area (Å²) in [7, 11) is 0. The number of nitrogens with one attached hydrogen (secondary N) is 3. The van der Waals surface area contributed by atoms with E-state index in [1.807, 2.05) is 13.8 Å². The van der Waals surface area contributed by atoms with Gasteiger partial charge in [0.2, 0.25) is 11.8 Å². The van der Waals surface area contributed by atoms with Crippen LogP contribution in [-0.2, 0) is 14.4 Å². The minimum atomic E-state index is -0.951. The predicted molar refractivity (Wildman–Crippen MR) is 57.1 cm³/mol. The second-order valence-electron chi connectivity index (χ2n) is 4.33. The van der Waals surface area contributed by atoms with E-state index in [1.54, 1.807) is 0 Å². The van der Waals surface area contributed by atoms with Crippen LogP contribution >= 0.6 is 0 Å². The smallest absolute Gasteiger partial charge is 0.264 e. The maximum atomic E-state index is 11.6. The van der Waals surface area contributed by atoms with E-state index in [1.165, 1.54) is 6.92 Å². The van der Waals surface area contributed by atoms with E-state index in [9.17, 15) is 14.4 Å². The highest BCUT2D eigenvalue weighted by molar-refractivity contribution is 5.98. The molecule has 0 aromatic rings. The Morgan fingerprint density at radius 3 is 2.44 bits per heavy atom. The molecule has 1 fully saturated rings. The summed E-state index contributed by atoms with van der Waals surface area (Å²) in [5.74, 6) is -0.677. The van der Waals surface area contributed by atoms with Crippen LogP contribution < -0.4 is 16.0 Å². The van der Waals surface area contributed by atoms with Crippen LogP contribution in [0.4, 0.5) is 0 Å². The molecule has 0 aromatic carbocycles. The molecule has 0 bridgehead atoms. The third-order valence-corrected chi connectivity index (χ3v) is 2.24. The average Bonchev–Trinajstić information content (AvgIpc) is 2.11. The molecular weight excluding hydrogens is 210 g/mol. The first-order valence-electron chi connectivity index (χ1n) is 5.28. The number of hydrogen-bond donors (Lipinski definition) is 3. The highest BCUT2D eigenvalue weighted by atomic mass is 16.2. The molecule has 0 saturated carbocycles. The van der Waals surface area contributed by atoms with Crippen molar-refractivity contribution in [2.24, 2.45) is 5.92 Å². The molecule has 1 saturated heterocycles. The lowest BCUT2D eigenvalue weighted by molar-refractivity contribution is -0.139. The van der Waals surface area contributed by atoms with Crippen molar-refractivity contribution < 1.29 is 14.4 Å². The SMILES string of the molecule is CC(=O)NC1NC(=O)C(CC(C)C)NC1=O. The molecule has 1 heterocycles. The maximum Gasteiger partial charge on any atom is 0.264 e. The maximum absolute atomic E-state index is 11.6. The van der Waals surface area contributed by atoms with Gasteiger partial charge in [0.15, 0.2) is 6.17 Å². The zero-order valence-electron chi connectivity index (χ0n) is 9.66. The minimum Gasteiger partial charge on any atom is -0.341 e. The van der Waals surface area contributed by atoms with Crippen LogP contribution in [0, 0.1) is 5.92 Å². The van der Waals surface area contributed by atoms with Gasteiger partial charge in [-0.25, -0.2) is 0 Å². The second kappa shape index (κ2) is 4.96. The van der Waals surface area contributed by atoms with E-state index in [0.29, 0.717) is 12.3 Å². The van der Waals surface area contributed by atoms with Crippen molar-refractivity contribution in [1.82, 2.24) is 16.0 Å². The number of hydrogen-bond acceptors (Lipinski definition) is 3. The van der Waals surface area contributed by atoms with E-state index in [2.05, 4.69) is 16.0 Å². The summed E-state index contributed by atoms with van der Waals surface area (Å²) in [4.78, 5) is 33.9. The van der Waals surface area contributed by atoms with E-state index < -0.39 is 12.2 Å². The molecule has 16 heavy (non-hydrogen) atoms. The fourth-order valence-corrected chi connectivity index (χ4v) is 1.57. The normalized spacial score (nSPS) is 25.0. The van der Waals surface area contributed by atoms with Crippen molar-refractivity contribution in [2.45, 2.75) is 39.4 Å². The first-order chi connectivity index (χ1) is 7.40. The number of carbonyl (C=O) groups is 3. The van der Waals surface area contributed by atoms with Crippen molar-refractivity contribution in [1.29, 1.82) is 0 Å².